The van der Waals surface area contributed by atoms with Gasteiger partial charge < -0.3 is 10.4 Å². The van der Waals surface area contributed by atoms with E-state index >= 15 is 0 Å². The van der Waals surface area contributed by atoms with Crippen molar-refractivity contribution < 1.29 is 19.1 Å². The molecule has 0 fully saturated rings. The van der Waals surface area contributed by atoms with Gasteiger partial charge in [-0.05, 0) is 29.8 Å². The minimum absolute atomic E-state index is 0.123. The van der Waals surface area contributed by atoms with Crippen LogP contribution in [-0.2, 0) is 11.2 Å². The second-order valence-electron chi connectivity index (χ2n) is 4.67. The zero-order valence-electron chi connectivity index (χ0n) is 11.4. The monoisotopic (exact) mass is 365 g/mol. The lowest BCUT2D eigenvalue weighted by atomic mass is 10.0. The van der Waals surface area contributed by atoms with E-state index < -0.39 is 23.7 Å². The van der Waals surface area contributed by atoms with Crippen molar-refractivity contribution in [2.24, 2.45) is 0 Å². The molecule has 0 aromatic heterocycles. The molecule has 0 aliphatic heterocycles. The number of benzene rings is 2. The third-order valence-electron chi connectivity index (χ3n) is 3.07. The molecule has 1 amide bonds. The topological polar surface area (TPSA) is 66.4 Å². The Kier molecular flexibility index (Phi) is 5.27. The number of carbonyl (C=O) groups excluding carboxylic acids is 1. The Labute approximate surface area is 135 Å². The van der Waals surface area contributed by atoms with E-state index in [9.17, 15) is 19.1 Å². The molecule has 22 heavy (non-hydrogen) atoms. The van der Waals surface area contributed by atoms with Gasteiger partial charge >= 0.3 is 5.97 Å². The summed E-state index contributed by atoms with van der Waals surface area (Å²) in [6.07, 6.45) is -0.123. The van der Waals surface area contributed by atoms with Crippen molar-refractivity contribution in [3.05, 3.63) is 69.9 Å². The fourth-order valence-corrected chi connectivity index (χ4v) is 2.35. The molecule has 0 unspecified atom stereocenters. The Hall–Kier alpha value is -2.21. The van der Waals surface area contributed by atoms with E-state index in [1.54, 1.807) is 30.3 Å². The van der Waals surface area contributed by atoms with Crippen LogP contribution in [0.3, 0.4) is 0 Å². The molecule has 0 spiro atoms. The van der Waals surface area contributed by atoms with Gasteiger partial charge in [-0.2, -0.15) is 0 Å². The van der Waals surface area contributed by atoms with E-state index in [0.717, 1.165) is 0 Å². The Morgan fingerprint density at radius 2 is 1.91 bits per heavy atom. The van der Waals surface area contributed by atoms with E-state index in [4.69, 9.17) is 0 Å². The maximum atomic E-state index is 13.6. The van der Waals surface area contributed by atoms with Crippen molar-refractivity contribution in [3.63, 3.8) is 0 Å². The van der Waals surface area contributed by atoms with E-state index in [1.165, 1.54) is 18.2 Å². The number of nitrogens with one attached hydrogen (secondary N) is 1. The van der Waals surface area contributed by atoms with Gasteiger partial charge in [-0.15, -0.1) is 0 Å². The number of hydrogen-bond donors (Lipinski definition) is 2. The van der Waals surface area contributed by atoms with E-state index in [0.29, 0.717) is 10.0 Å². The van der Waals surface area contributed by atoms with Crippen molar-refractivity contribution in [1.82, 2.24) is 5.32 Å². The summed E-state index contributed by atoms with van der Waals surface area (Å²) < 4.78 is 14.3. The first-order valence-electron chi connectivity index (χ1n) is 6.50. The van der Waals surface area contributed by atoms with Crippen molar-refractivity contribution >= 4 is 27.8 Å². The van der Waals surface area contributed by atoms with Gasteiger partial charge in [0.05, 0.1) is 0 Å². The predicted octanol–water partition coefficient (Wildman–Crippen LogP) is 3.01. The van der Waals surface area contributed by atoms with Gasteiger partial charge in [-0.1, -0.05) is 40.2 Å². The Balaban J connectivity index is 2.14. The molecule has 0 saturated carbocycles. The maximum Gasteiger partial charge on any atom is 0.326 e. The molecule has 0 aliphatic rings. The van der Waals surface area contributed by atoms with E-state index in [-0.39, 0.29) is 12.0 Å². The normalized spacial score (nSPS) is 11.7. The number of halogens is 2. The highest BCUT2D eigenvalue weighted by atomic mass is 79.9. The third-order valence-corrected chi connectivity index (χ3v) is 3.57. The molecule has 4 nitrogen and oxygen atoms in total. The molecular formula is C16H13BrFNO3. The molecule has 2 N–H and O–H groups in total. The van der Waals surface area contributed by atoms with Crippen LogP contribution in [0.25, 0.3) is 0 Å². The van der Waals surface area contributed by atoms with E-state index in [2.05, 4.69) is 21.2 Å². The molecule has 6 heteroatoms. The number of carboxylic acids is 1. The lowest BCUT2D eigenvalue weighted by Crippen LogP contribution is -2.42. The first-order valence-corrected chi connectivity index (χ1v) is 7.29. The summed E-state index contributed by atoms with van der Waals surface area (Å²) in [5.41, 5.74) is 0.568. The summed E-state index contributed by atoms with van der Waals surface area (Å²) in [6.45, 7) is 0. The molecule has 0 bridgehead atoms. The summed E-state index contributed by atoms with van der Waals surface area (Å²) in [5, 5.41) is 11.6. The molecule has 2 aromatic rings. The van der Waals surface area contributed by atoms with Gasteiger partial charge in [0.1, 0.15) is 11.9 Å². The lowest BCUT2D eigenvalue weighted by molar-refractivity contribution is -0.139. The second-order valence-corrected chi connectivity index (χ2v) is 5.59. The van der Waals surface area contributed by atoms with Gasteiger partial charge in [-0.25, -0.2) is 9.18 Å². The highest BCUT2D eigenvalue weighted by Gasteiger charge is 2.22. The first-order chi connectivity index (χ1) is 10.5. The standard InChI is InChI=1S/C16H13BrFNO3/c17-12-6-3-5-11(8-12)15(20)19-14(16(21)22)9-10-4-1-2-7-13(10)18/h1-8,14H,9H2,(H,19,20)(H,21,22)/t14-/m0/s1. The summed E-state index contributed by atoms with van der Waals surface area (Å²) in [5.74, 6) is -2.23. The van der Waals surface area contributed by atoms with Crippen LogP contribution in [-0.4, -0.2) is 23.0 Å². The lowest BCUT2D eigenvalue weighted by Gasteiger charge is -2.15. The van der Waals surface area contributed by atoms with Gasteiger partial charge in [0.15, 0.2) is 0 Å². The molecule has 1 atom stereocenters. The van der Waals surface area contributed by atoms with Crippen LogP contribution < -0.4 is 5.32 Å². The average Bonchev–Trinajstić information content (AvgIpc) is 2.48. The summed E-state index contributed by atoms with van der Waals surface area (Å²) >= 11 is 3.24. The Morgan fingerprint density at radius 1 is 1.18 bits per heavy atom. The van der Waals surface area contributed by atoms with Gasteiger partial charge in [0, 0.05) is 16.5 Å². The number of rotatable bonds is 5. The maximum absolute atomic E-state index is 13.6. The largest absolute Gasteiger partial charge is 0.480 e. The molecule has 0 radical (unpaired) electrons. The zero-order valence-corrected chi connectivity index (χ0v) is 13.0. The fraction of sp³-hybridized carbons (Fsp3) is 0.125. The molecule has 0 aliphatic carbocycles. The highest BCUT2D eigenvalue weighted by Crippen LogP contribution is 2.13. The molecule has 2 rings (SSSR count). The summed E-state index contributed by atoms with van der Waals surface area (Å²) in [6, 6.07) is 11.3. The van der Waals surface area contributed by atoms with Crippen molar-refractivity contribution in [1.29, 1.82) is 0 Å². The van der Waals surface area contributed by atoms with Crippen LogP contribution in [0.15, 0.2) is 53.0 Å². The summed E-state index contributed by atoms with van der Waals surface area (Å²) in [7, 11) is 0. The number of aliphatic carboxylic acids is 1. The number of amides is 1. The van der Waals surface area contributed by atoms with Crippen LogP contribution in [0.4, 0.5) is 4.39 Å². The van der Waals surface area contributed by atoms with Crippen LogP contribution in [0.1, 0.15) is 15.9 Å². The molecule has 2 aromatic carbocycles. The zero-order chi connectivity index (χ0) is 16.1. The Bertz CT molecular complexity index is 705. The SMILES string of the molecule is O=C(N[C@@H](Cc1ccccc1F)C(=O)O)c1cccc(Br)c1. The molecule has 0 saturated heterocycles. The molecule has 0 heterocycles. The van der Waals surface area contributed by atoms with Crippen molar-refractivity contribution in [3.8, 4) is 0 Å². The molecule has 114 valence electrons. The second kappa shape index (κ2) is 7.17. The number of hydrogen-bond acceptors (Lipinski definition) is 2. The van der Waals surface area contributed by atoms with Crippen LogP contribution in [0.2, 0.25) is 0 Å². The first kappa shape index (κ1) is 16.2. The van der Waals surface area contributed by atoms with E-state index in [1.807, 2.05) is 0 Å². The molecular weight excluding hydrogens is 353 g/mol. The van der Waals surface area contributed by atoms with Crippen LogP contribution in [0, 0.1) is 5.82 Å². The van der Waals surface area contributed by atoms with Gasteiger partial charge in [0.25, 0.3) is 5.91 Å². The minimum Gasteiger partial charge on any atom is -0.480 e. The minimum atomic E-state index is -1.22. The fourth-order valence-electron chi connectivity index (χ4n) is 1.96. The third kappa shape index (κ3) is 4.14. The summed E-state index contributed by atoms with van der Waals surface area (Å²) in [4.78, 5) is 23.4. The smallest absolute Gasteiger partial charge is 0.326 e. The highest BCUT2D eigenvalue weighted by molar-refractivity contribution is 9.10. The van der Waals surface area contributed by atoms with Crippen molar-refractivity contribution in [2.45, 2.75) is 12.5 Å². The van der Waals surface area contributed by atoms with Crippen LogP contribution in [0.5, 0.6) is 0 Å². The average molecular weight is 366 g/mol. The van der Waals surface area contributed by atoms with Crippen molar-refractivity contribution in [2.75, 3.05) is 0 Å². The quantitative estimate of drug-likeness (QED) is 0.855. The predicted molar refractivity (Wildman–Crippen MR) is 83.1 cm³/mol. The number of carbonyl (C=O) groups is 2. The van der Waals surface area contributed by atoms with Crippen LogP contribution >= 0.6 is 15.9 Å². The Morgan fingerprint density at radius 3 is 2.55 bits per heavy atom. The number of carboxylic acid groups (broad SMARTS) is 1. The van der Waals surface area contributed by atoms with Gasteiger partial charge in [-0.3, -0.25) is 4.79 Å². The van der Waals surface area contributed by atoms with Gasteiger partial charge in [0.2, 0.25) is 0 Å².